The predicted octanol–water partition coefficient (Wildman–Crippen LogP) is 4.09. The number of H-pyrrole nitrogens is 1. The molecule has 0 aliphatic carbocycles. The zero-order chi connectivity index (χ0) is 20.8. The summed E-state index contributed by atoms with van der Waals surface area (Å²) in [4.78, 5) is 30.2. The molecule has 0 radical (unpaired) electrons. The standard InChI is InChI=1S/C23H16N2O5/c26-17-9-4-3-8-16(17)25-20(18-10-5-11-30-18)19(22(28)23(25)29)21(27)14-12-24-15-7-2-1-6-13(14)15/h1-12,20,24,26-27H/b21-19-. The number of para-hydroxylation sites is 3. The van der Waals surface area contributed by atoms with Gasteiger partial charge in [0.2, 0.25) is 0 Å². The van der Waals surface area contributed by atoms with E-state index in [1.54, 1.807) is 30.5 Å². The second-order valence-corrected chi connectivity index (χ2v) is 6.92. The van der Waals surface area contributed by atoms with Gasteiger partial charge in [0, 0.05) is 22.7 Å². The number of aromatic amines is 1. The van der Waals surface area contributed by atoms with Crippen LogP contribution in [-0.4, -0.2) is 26.9 Å². The number of aliphatic hydroxyl groups is 1. The lowest BCUT2D eigenvalue weighted by molar-refractivity contribution is -0.132. The summed E-state index contributed by atoms with van der Waals surface area (Å²) < 4.78 is 5.51. The smallest absolute Gasteiger partial charge is 0.300 e. The van der Waals surface area contributed by atoms with E-state index in [4.69, 9.17) is 4.42 Å². The van der Waals surface area contributed by atoms with Crippen molar-refractivity contribution in [1.29, 1.82) is 0 Å². The SMILES string of the molecule is O=C1C(=O)N(c2ccccc2O)C(c2ccco2)/C1=C(/O)c1c[nH]c2ccccc12. The molecule has 0 saturated carbocycles. The molecule has 1 aliphatic heterocycles. The maximum absolute atomic E-state index is 13.0. The summed E-state index contributed by atoms with van der Waals surface area (Å²) in [6.07, 6.45) is 3.01. The molecule has 1 unspecified atom stereocenters. The third-order valence-corrected chi connectivity index (χ3v) is 5.24. The molecule has 5 rings (SSSR count). The molecule has 1 atom stereocenters. The summed E-state index contributed by atoms with van der Waals surface area (Å²) in [5.41, 5.74) is 1.22. The normalized spacial score (nSPS) is 18.4. The highest BCUT2D eigenvalue weighted by molar-refractivity contribution is 6.52. The van der Waals surface area contributed by atoms with Crippen molar-refractivity contribution in [2.24, 2.45) is 0 Å². The second kappa shape index (κ2) is 6.66. The van der Waals surface area contributed by atoms with Crippen molar-refractivity contribution < 1.29 is 24.2 Å². The van der Waals surface area contributed by atoms with Gasteiger partial charge in [0.15, 0.2) is 0 Å². The van der Waals surface area contributed by atoms with E-state index >= 15 is 0 Å². The van der Waals surface area contributed by atoms with Gasteiger partial charge < -0.3 is 19.6 Å². The first kappa shape index (κ1) is 17.8. The first-order chi connectivity index (χ1) is 14.6. The van der Waals surface area contributed by atoms with E-state index in [9.17, 15) is 19.8 Å². The minimum Gasteiger partial charge on any atom is -0.507 e. The highest BCUT2D eigenvalue weighted by Gasteiger charge is 2.49. The molecule has 1 amide bonds. The number of furan rings is 1. The molecule has 1 aliphatic rings. The number of hydrogen-bond acceptors (Lipinski definition) is 5. The van der Waals surface area contributed by atoms with E-state index in [-0.39, 0.29) is 22.8 Å². The minimum atomic E-state index is -1.03. The molecule has 30 heavy (non-hydrogen) atoms. The van der Waals surface area contributed by atoms with Gasteiger partial charge in [0.1, 0.15) is 23.3 Å². The number of rotatable bonds is 3. The molecule has 2 aromatic carbocycles. The molecule has 3 N–H and O–H groups in total. The Labute approximate surface area is 170 Å². The van der Waals surface area contributed by atoms with Crippen molar-refractivity contribution in [3.05, 3.63) is 90.0 Å². The highest BCUT2D eigenvalue weighted by Crippen LogP contribution is 2.45. The van der Waals surface area contributed by atoms with Gasteiger partial charge in [-0.1, -0.05) is 30.3 Å². The van der Waals surface area contributed by atoms with Crippen LogP contribution in [0.3, 0.4) is 0 Å². The Balaban J connectivity index is 1.77. The van der Waals surface area contributed by atoms with Gasteiger partial charge in [0.05, 0.1) is 17.5 Å². The number of phenols is 1. The molecular weight excluding hydrogens is 384 g/mol. The Bertz CT molecular complexity index is 1320. The molecule has 4 aromatic rings. The number of aliphatic hydroxyl groups excluding tert-OH is 1. The lowest BCUT2D eigenvalue weighted by Gasteiger charge is -2.23. The van der Waals surface area contributed by atoms with Crippen LogP contribution in [0.15, 0.2) is 83.1 Å². The largest absolute Gasteiger partial charge is 0.507 e. The number of benzene rings is 2. The Morgan fingerprint density at radius 1 is 1.00 bits per heavy atom. The van der Waals surface area contributed by atoms with Crippen LogP contribution in [0.4, 0.5) is 5.69 Å². The predicted molar refractivity (Wildman–Crippen MR) is 110 cm³/mol. The number of phenolic OH excluding ortho intramolecular Hbond substituents is 1. The monoisotopic (exact) mass is 400 g/mol. The summed E-state index contributed by atoms with van der Waals surface area (Å²) in [5.74, 6) is -1.91. The highest BCUT2D eigenvalue weighted by atomic mass is 16.3. The Morgan fingerprint density at radius 3 is 2.53 bits per heavy atom. The number of ketones is 1. The fourth-order valence-electron chi connectivity index (χ4n) is 3.88. The quantitative estimate of drug-likeness (QED) is 0.273. The summed E-state index contributed by atoms with van der Waals surface area (Å²) in [5, 5.41) is 22.2. The van der Waals surface area contributed by atoms with Crippen molar-refractivity contribution in [2.75, 3.05) is 4.90 Å². The number of hydrogen-bond donors (Lipinski definition) is 3. The van der Waals surface area contributed by atoms with Crippen LogP contribution in [0.5, 0.6) is 5.75 Å². The average Bonchev–Trinajstić information content (AvgIpc) is 3.48. The van der Waals surface area contributed by atoms with Crippen molar-refractivity contribution in [3.8, 4) is 5.75 Å². The van der Waals surface area contributed by atoms with Crippen LogP contribution in [0, 0.1) is 0 Å². The fraction of sp³-hybridized carbons (Fsp3) is 0.0435. The zero-order valence-corrected chi connectivity index (χ0v) is 15.6. The van der Waals surface area contributed by atoms with Crippen LogP contribution in [0.25, 0.3) is 16.7 Å². The fourth-order valence-corrected chi connectivity index (χ4v) is 3.88. The van der Waals surface area contributed by atoms with Gasteiger partial charge in [0.25, 0.3) is 11.7 Å². The zero-order valence-electron chi connectivity index (χ0n) is 15.6. The number of anilines is 1. The minimum absolute atomic E-state index is 0.108. The topological polar surface area (TPSA) is 107 Å². The van der Waals surface area contributed by atoms with Crippen molar-refractivity contribution in [1.82, 2.24) is 4.98 Å². The molecule has 7 heteroatoms. The number of fused-ring (bicyclic) bond motifs is 1. The molecular formula is C23H16N2O5. The molecule has 3 heterocycles. The molecule has 1 saturated heterocycles. The second-order valence-electron chi connectivity index (χ2n) is 6.92. The number of aromatic hydroxyl groups is 1. The van der Waals surface area contributed by atoms with E-state index in [0.717, 1.165) is 10.4 Å². The van der Waals surface area contributed by atoms with Crippen LogP contribution in [0.2, 0.25) is 0 Å². The summed E-state index contributed by atoms with van der Waals surface area (Å²) in [6.45, 7) is 0. The van der Waals surface area contributed by atoms with Crippen molar-refractivity contribution >= 4 is 34.0 Å². The maximum Gasteiger partial charge on any atom is 0.300 e. The number of aromatic nitrogens is 1. The molecule has 1 fully saturated rings. The van der Waals surface area contributed by atoms with E-state index < -0.39 is 17.7 Å². The summed E-state index contributed by atoms with van der Waals surface area (Å²) in [6, 6.07) is 15.8. The van der Waals surface area contributed by atoms with E-state index in [0.29, 0.717) is 16.7 Å². The molecule has 2 aromatic heterocycles. The van der Waals surface area contributed by atoms with Crippen LogP contribution in [0.1, 0.15) is 17.4 Å². The number of Topliss-reactive ketones (excluding diaryl/α,β-unsaturated/α-hetero) is 1. The van der Waals surface area contributed by atoms with Crippen LogP contribution in [-0.2, 0) is 9.59 Å². The van der Waals surface area contributed by atoms with Crippen molar-refractivity contribution in [3.63, 3.8) is 0 Å². The van der Waals surface area contributed by atoms with E-state index in [1.807, 2.05) is 24.3 Å². The van der Waals surface area contributed by atoms with E-state index in [2.05, 4.69) is 4.98 Å². The third-order valence-electron chi connectivity index (χ3n) is 5.24. The summed E-state index contributed by atoms with van der Waals surface area (Å²) >= 11 is 0. The van der Waals surface area contributed by atoms with Gasteiger partial charge in [-0.05, 0) is 30.3 Å². The first-order valence-corrected chi connectivity index (χ1v) is 9.27. The Kier molecular flexibility index (Phi) is 3.96. The number of amides is 1. The molecule has 0 spiro atoms. The van der Waals surface area contributed by atoms with Gasteiger partial charge in [-0.15, -0.1) is 0 Å². The maximum atomic E-state index is 13.0. The van der Waals surface area contributed by atoms with Crippen LogP contribution < -0.4 is 4.90 Å². The molecule has 7 nitrogen and oxygen atoms in total. The lowest BCUT2D eigenvalue weighted by Crippen LogP contribution is -2.29. The number of nitrogens with zero attached hydrogens (tertiary/aromatic N) is 1. The van der Waals surface area contributed by atoms with Crippen LogP contribution >= 0.6 is 0 Å². The van der Waals surface area contributed by atoms with Gasteiger partial charge in [-0.3, -0.25) is 14.5 Å². The number of carbonyl (C=O) groups excluding carboxylic acids is 2. The Hall–Kier alpha value is -4.26. The Morgan fingerprint density at radius 2 is 1.77 bits per heavy atom. The van der Waals surface area contributed by atoms with Gasteiger partial charge >= 0.3 is 0 Å². The van der Waals surface area contributed by atoms with Gasteiger partial charge in [-0.25, -0.2) is 0 Å². The average molecular weight is 400 g/mol. The first-order valence-electron chi connectivity index (χ1n) is 9.27. The number of carbonyl (C=O) groups is 2. The van der Waals surface area contributed by atoms with E-state index in [1.165, 1.54) is 18.4 Å². The van der Waals surface area contributed by atoms with Gasteiger partial charge in [-0.2, -0.15) is 0 Å². The third kappa shape index (κ3) is 2.52. The lowest BCUT2D eigenvalue weighted by atomic mass is 9.99. The molecule has 0 bridgehead atoms. The summed E-state index contributed by atoms with van der Waals surface area (Å²) in [7, 11) is 0. The molecule has 148 valence electrons. The van der Waals surface area contributed by atoms with Crippen molar-refractivity contribution in [2.45, 2.75) is 6.04 Å². The number of nitrogens with one attached hydrogen (secondary N) is 1.